The number of amides is 7. The highest BCUT2D eigenvalue weighted by Crippen LogP contribution is 2.59. The lowest BCUT2D eigenvalue weighted by atomic mass is 10.0. The number of benzene rings is 8. The van der Waals surface area contributed by atoms with Crippen molar-refractivity contribution in [1.29, 1.82) is 0 Å². The van der Waals surface area contributed by atoms with Crippen LogP contribution >= 0.6 is 0 Å². The van der Waals surface area contributed by atoms with Crippen molar-refractivity contribution < 1.29 is 61.0 Å². The minimum atomic E-state index is -1.36. The van der Waals surface area contributed by atoms with Crippen LogP contribution in [0.4, 0.5) is 63.1 Å². The summed E-state index contributed by atoms with van der Waals surface area (Å²) in [5.74, 6) is -6.73. The topological polar surface area (TPSA) is 321 Å². The third-order valence-corrected chi connectivity index (χ3v) is 24.4. The summed E-state index contributed by atoms with van der Waals surface area (Å²) in [4.78, 5) is 121. The first kappa shape index (κ1) is 86.5. The molecule has 0 bridgehead atoms. The number of nitrogens with zero attached hydrogens (tertiary/aromatic N) is 16. The van der Waals surface area contributed by atoms with E-state index in [4.69, 9.17) is 37.1 Å². The van der Waals surface area contributed by atoms with E-state index in [1.165, 1.54) is 52.0 Å². The van der Waals surface area contributed by atoms with Gasteiger partial charge in [-0.05, 0) is 142 Å². The molecule has 129 heavy (non-hydrogen) atoms. The van der Waals surface area contributed by atoms with Crippen molar-refractivity contribution in [1.82, 2.24) is 55.1 Å². The van der Waals surface area contributed by atoms with Gasteiger partial charge in [0.2, 0.25) is 29.3 Å². The van der Waals surface area contributed by atoms with Crippen LogP contribution in [0.5, 0.6) is 0 Å². The van der Waals surface area contributed by atoms with Gasteiger partial charge in [0.25, 0.3) is 17.7 Å². The van der Waals surface area contributed by atoms with Gasteiger partial charge in [-0.25, -0.2) is 41.7 Å². The fraction of sp³-hybridized carbons (Fsp3) is 0.250. The van der Waals surface area contributed by atoms with Crippen molar-refractivity contribution in [2.24, 2.45) is 29.4 Å². The molecule has 4 aliphatic heterocycles. The normalized spacial score (nSPS) is 21.0. The number of carbonyl (C=O) groups excluding carboxylic acids is 7. The van der Waals surface area contributed by atoms with Crippen molar-refractivity contribution in [3.05, 3.63) is 355 Å². The van der Waals surface area contributed by atoms with Crippen LogP contribution in [0.15, 0.2) is 219 Å². The Hall–Kier alpha value is -16.0. The lowest BCUT2D eigenvalue weighted by Gasteiger charge is -2.23. The molecule has 33 heteroatoms. The number of anilines is 4. The molecule has 8 aliphatic rings. The highest BCUT2D eigenvalue weighted by molar-refractivity contribution is 6.06. The molecule has 12 aromatic rings. The molecule has 6 N–H and O–H groups in total. The Morgan fingerprint density at radius 3 is 0.845 bits per heavy atom. The van der Waals surface area contributed by atoms with Gasteiger partial charge in [-0.15, -0.1) is 0 Å². The van der Waals surface area contributed by atoms with Gasteiger partial charge in [0.05, 0.1) is 83.3 Å². The molecule has 8 heterocycles. The van der Waals surface area contributed by atoms with Crippen LogP contribution in [0, 0.1) is 73.2 Å². The van der Waals surface area contributed by atoms with Gasteiger partial charge in [0, 0.05) is 50.9 Å². The lowest BCUT2D eigenvalue weighted by molar-refractivity contribution is -0.121. The monoisotopic (exact) mass is 1730 g/mol. The van der Waals surface area contributed by atoms with E-state index < -0.39 is 76.8 Å². The number of carboxylic acids is 1. The summed E-state index contributed by atoms with van der Waals surface area (Å²) in [5.41, 5.74) is 17.4. The molecule has 0 radical (unpaired) electrons. The number of aromatic carboxylic acids is 1. The largest absolute Gasteiger partial charge is 0.476 e. The van der Waals surface area contributed by atoms with E-state index in [1.54, 1.807) is 75.6 Å². The number of halogens is 4. The Bertz CT molecular complexity index is 6150. The van der Waals surface area contributed by atoms with Gasteiger partial charge >= 0.3 is 5.97 Å². The number of carboxylic acid groups (broad SMARTS) is 1. The predicted octanol–water partition coefficient (Wildman–Crippen LogP) is 13.9. The fourth-order valence-corrected chi connectivity index (χ4v) is 17.4. The third-order valence-electron chi connectivity index (χ3n) is 24.4. The van der Waals surface area contributed by atoms with E-state index >= 15 is 0 Å². The first-order valence-corrected chi connectivity index (χ1v) is 41.3. The molecule has 29 nitrogen and oxygen atoms in total. The highest BCUT2D eigenvalue weighted by atomic mass is 19.1. The van der Waals surface area contributed by atoms with Crippen LogP contribution in [0.2, 0.25) is 0 Å². The standard InChI is InChI=1S/3C24H20FN5O2.C13H13N3O.C11H9FN2O2/c3*1-26-15-8-9-20-17(10-15)16-11-18(16)21(24(32)29(20)2)27-23(31)22-19(25)13-30(28-22)12-14-6-4-3-5-7-14;1-15-7-3-4-11-9(5-7)8-6-10(8)12(14)13(17)16(11)2;12-9-7-14(13-10(9)11(15)16)6-8-4-2-1-3-5-8/h3*3-10,13,16,18,21H,11-12H2,2H3,(H,27,31);3-5,8,10,12H,6,14H2,2H3;1-5,7H,6H2,(H,15,16)/t3*16-,18-,21-;8-,10-,12-;/m1000./s1. The molecular weight excluding hydrogens is 1650 g/mol. The van der Waals surface area contributed by atoms with Gasteiger partial charge in [-0.1, -0.05) is 170 Å². The minimum Gasteiger partial charge on any atom is -0.476 e. The Morgan fingerprint density at radius 2 is 0.597 bits per heavy atom. The second kappa shape index (κ2) is 36.3. The average molecular weight is 1740 g/mol. The van der Waals surface area contributed by atoms with Crippen LogP contribution in [-0.4, -0.2) is 144 Å². The van der Waals surface area contributed by atoms with Gasteiger partial charge in [-0.2, -0.15) is 20.4 Å². The third kappa shape index (κ3) is 18.3. The molecule has 8 aromatic carbocycles. The zero-order chi connectivity index (χ0) is 90.9. The maximum atomic E-state index is 14.5. The van der Waals surface area contributed by atoms with Crippen LogP contribution in [0.25, 0.3) is 19.4 Å². The van der Waals surface area contributed by atoms with E-state index in [0.29, 0.717) is 54.8 Å². The first-order chi connectivity index (χ1) is 62.2. The van der Waals surface area contributed by atoms with Gasteiger partial charge in [0.15, 0.2) is 63.1 Å². The number of hydrogen-bond donors (Lipinski definition) is 5. The van der Waals surface area contributed by atoms with E-state index in [0.717, 1.165) is 99.1 Å². The Kier molecular flexibility index (Phi) is 24.3. The molecule has 4 aromatic heterocycles. The molecule has 0 saturated heterocycles. The summed E-state index contributed by atoms with van der Waals surface area (Å²) >= 11 is 0. The molecule has 7 amide bonds. The predicted molar refractivity (Wildman–Crippen MR) is 467 cm³/mol. The molecule has 12 atom stereocenters. The van der Waals surface area contributed by atoms with E-state index in [-0.39, 0.29) is 82.1 Å². The van der Waals surface area contributed by atoms with E-state index in [1.807, 2.05) is 152 Å². The summed E-state index contributed by atoms with van der Waals surface area (Å²) in [6.45, 7) is 30.1. The molecule has 4 fully saturated rings. The van der Waals surface area contributed by atoms with Crippen LogP contribution in [0.3, 0.4) is 0 Å². The number of rotatable bonds is 15. The Morgan fingerprint density at radius 1 is 0.364 bits per heavy atom. The lowest BCUT2D eigenvalue weighted by Crippen LogP contribution is -2.48. The fourth-order valence-electron chi connectivity index (χ4n) is 17.4. The molecule has 20 rings (SSSR count). The highest BCUT2D eigenvalue weighted by Gasteiger charge is 2.56. The van der Waals surface area contributed by atoms with E-state index in [2.05, 4.69) is 55.7 Å². The Labute approximate surface area is 737 Å². The number of carbonyl (C=O) groups is 8. The second-order valence-corrected chi connectivity index (χ2v) is 32.8. The SMILES string of the molecule is O=C(O)c1nn(Cc2ccccc2)cc1F.[C-]#[N+]c1ccc2c(c1)[C@@H]1C[C@@H]1[C@H](N)C(=O)N2C.[C-]#[N+]c1ccc2c(c1)[C@@H]1C[C@@H]1[C@H](NC(=O)c1nn(Cc3ccccc3)cc1F)C(=O)N2C.[C-]#[N+]c1ccc2c(c1)[C@@H]1C[C@@H]1[C@H](NC(=O)c1nn(Cc3ccccc3)cc1F)C(=O)N2C.[C-]#[N+]c1ccc2c(c1)[C@H]1C[C@H]1[C@@H](NC(=O)c1nn(Cc3ccccc3)cc1F)C(=O)N2C. The smallest absolute Gasteiger partial charge is 0.359 e. The zero-order valence-electron chi connectivity index (χ0n) is 69.8. The van der Waals surface area contributed by atoms with Gasteiger partial charge in [0.1, 0.15) is 18.1 Å². The van der Waals surface area contributed by atoms with Crippen molar-refractivity contribution in [3.8, 4) is 0 Å². The van der Waals surface area contributed by atoms with E-state index in [9.17, 15) is 55.9 Å². The summed E-state index contributed by atoms with van der Waals surface area (Å²) in [6, 6.07) is 56.1. The Balaban J connectivity index is 0.000000121. The molecule has 0 unspecified atom stereocenters. The number of aromatic nitrogens is 8. The molecule has 4 aliphatic carbocycles. The molecule has 648 valence electrons. The number of hydrogen-bond acceptors (Lipinski definition) is 13. The van der Waals surface area contributed by atoms with Crippen LogP contribution in [-0.2, 0) is 45.4 Å². The second-order valence-electron chi connectivity index (χ2n) is 32.8. The summed E-state index contributed by atoms with van der Waals surface area (Å²) < 4.78 is 62.0. The van der Waals surface area contributed by atoms with Crippen LogP contribution < -0.4 is 41.3 Å². The first-order valence-electron chi connectivity index (χ1n) is 41.3. The summed E-state index contributed by atoms with van der Waals surface area (Å²) in [5, 5.41) is 32.8. The van der Waals surface area contributed by atoms with Gasteiger partial charge in [-0.3, -0.25) is 52.3 Å². The molecule has 0 spiro atoms. The van der Waals surface area contributed by atoms with Crippen molar-refractivity contribution in [2.45, 2.75) is 99.7 Å². The molecule has 4 saturated carbocycles. The van der Waals surface area contributed by atoms with Crippen molar-refractivity contribution in [2.75, 3.05) is 47.8 Å². The van der Waals surface area contributed by atoms with Crippen LogP contribution in [0.1, 0.15) is 136 Å². The van der Waals surface area contributed by atoms with Crippen molar-refractivity contribution >= 4 is 92.8 Å². The number of fused-ring (bicyclic) bond motifs is 12. The molecular formula is C96H82F4N20O9. The van der Waals surface area contributed by atoms with Gasteiger partial charge < -0.3 is 46.4 Å². The summed E-state index contributed by atoms with van der Waals surface area (Å²) in [7, 11) is 6.70. The number of likely N-dealkylation sites (N-methyl/N-ethyl adjacent to an activating group) is 4. The average Bonchev–Trinajstić information content (AvgIpc) is 1.60. The zero-order valence-corrected chi connectivity index (χ0v) is 69.8. The maximum Gasteiger partial charge on any atom is 0.359 e. The number of nitrogens with two attached hydrogens (primary N) is 1. The minimum absolute atomic E-state index is 0.0215. The summed E-state index contributed by atoms with van der Waals surface area (Å²) in [6.07, 6.45) is 7.78. The number of nitrogens with one attached hydrogen (secondary N) is 3. The maximum absolute atomic E-state index is 14.5. The van der Waals surface area contributed by atoms with Crippen molar-refractivity contribution in [3.63, 3.8) is 0 Å². The quantitative estimate of drug-likeness (QED) is 0.0471.